The molecule has 2 aliphatic rings. The molecule has 0 radical (unpaired) electrons. The number of hydrogen-bond donors (Lipinski definition) is 0. The molecule has 2 rings (SSSR count). The van der Waals surface area contributed by atoms with Crippen LogP contribution in [-0.4, -0.2) is 48.6 Å². The fourth-order valence-electron chi connectivity index (χ4n) is 3.15. The molecule has 0 aromatic carbocycles. The molecule has 0 aromatic heterocycles. The van der Waals surface area contributed by atoms with Crippen molar-refractivity contribution >= 4 is 0 Å². The maximum absolute atomic E-state index is 2.65. The van der Waals surface area contributed by atoms with Gasteiger partial charge in [0.2, 0.25) is 0 Å². The van der Waals surface area contributed by atoms with Crippen molar-refractivity contribution in [1.82, 2.24) is 9.80 Å². The first kappa shape index (κ1) is 10.4. The van der Waals surface area contributed by atoms with Crippen LogP contribution in [-0.2, 0) is 0 Å². The molecule has 2 aliphatic heterocycles. The van der Waals surface area contributed by atoms with Crippen LogP contribution in [0, 0.1) is 5.92 Å². The molecule has 2 nitrogen and oxygen atoms in total. The Bertz CT molecular complexity index is 191. The van der Waals surface area contributed by atoms with Crippen LogP contribution in [0.1, 0.15) is 33.1 Å². The first-order valence-electron chi connectivity index (χ1n) is 6.13. The molecule has 2 fully saturated rings. The van der Waals surface area contributed by atoms with Crippen molar-refractivity contribution in [3.8, 4) is 0 Å². The Balaban J connectivity index is 1.96. The summed E-state index contributed by atoms with van der Waals surface area (Å²) in [6.45, 7) is 8.62. The third kappa shape index (κ3) is 1.96. The minimum absolute atomic E-state index is 0.739. The topological polar surface area (TPSA) is 6.48 Å². The molecule has 0 aliphatic carbocycles. The van der Waals surface area contributed by atoms with Gasteiger partial charge in [-0.1, -0.05) is 0 Å². The van der Waals surface area contributed by atoms with Gasteiger partial charge < -0.3 is 9.80 Å². The maximum Gasteiger partial charge on any atom is 0.0145 e. The Morgan fingerprint density at radius 1 is 1.14 bits per heavy atom. The summed E-state index contributed by atoms with van der Waals surface area (Å²) in [7, 11) is 2.31. The van der Waals surface area contributed by atoms with Crippen LogP contribution in [0.4, 0.5) is 0 Å². The van der Waals surface area contributed by atoms with Crippen molar-refractivity contribution < 1.29 is 0 Å². The Morgan fingerprint density at radius 2 is 1.93 bits per heavy atom. The SMILES string of the molecule is CC(C)N1CCC2C(CCCN2C)C1. The van der Waals surface area contributed by atoms with Gasteiger partial charge in [0.05, 0.1) is 0 Å². The standard InChI is InChI=1S/C12H24N2/c1-10(2)14-8-6-12-11(9-14)5-4-7-13(12)3/h10-12H,4-9H2,1-3H3. The number of hydrogen-bond acceptors (Lipinski definition) is 2. The average molecular weight is 196 g/mol. The van der Waals surface area contributed by atoms with E-state index >= 15 is 0 Å². The quantitative estimate of drug-likeness (QED) is 0.631. The molecule has 0 amide bonds. The molecule has 0 N–H and O–H groups in total. The molecule has 0 bridgehead atoms. The molecular weight excluding hydrogens is 172 g/mol. The highest BCUT2D eigenvalue weighted by molar-refractivity contribution is 4.89. The van der Waals surface area contributed by atoms with E-state index in [0.717, 1.165) is 18.0 Å². The molecule has 0 saturated carbocycles. The summed E-state index contributed by atoms with van der Waals surface area (Å²) in [6.07, 6.45) is 4.25. The van der Waals surface area contributed by atoms with Gasteiger partial charge in [-0.2, -0.15) is 0 Å². The van der Waals surface area contributed by atoms with Crippen molar-refractivity contribution in [1.29, 1.82) is 0 Å². The van der Waals surface area contributed by atoms with E-state index in [9.17, 15) is 0 Å². The molecule has 0 spiro atoms. The summed E-state index contributed by atoms with van der Waals surface area (Å²) in [5, 5.41) is 0. The maximum atomic E-state index is 2.65. The Morgan fingerprint density at radius 3 is 2.64 bits per heavy atom. The average Bonchev–Trinajstić information content (AvgIpc) is 2.17. The molecule has 2 heterocycles. The zero-order valence-electron chi connectivity index (χ0n) is 9.87. The lowest BCUT2D eigenvalue weighted by atomic mass is 9.84. The third-order valence-corrected chi connectivity index (χ3v) is 4.11. The van der Waals surface area contributed by atoms with Crippen LogP contribution in [0.2, 0.25) is 0 Å². The highest BCUT2D eigenvalue weighted by Gasteiger charge is 2.34. The van der Waals surface area contributed by atoms with Crippen molar-refractivity contribution in [2.24, 2.45) is 5.92 Å². The van der Waals surface area contributed by atoms with Crippen molar-refractivity contribution in [2.45, 2.75) is 45.2 Å². The number of likely N-dealkylation sites (tertiary alicyclic amines) is 2. The van der Waals surface area contributed by atoms with Crippen molar-refractivity contribution in [3.05, 3.63) is 0 Å². The van der Waals surface area contributed by atoms with E-state index in [-0.39, 0.29) is 0 Å². The summed E-state index contributed by atoms with van der Waals surface area (Å²) in [6, 6.07) is 1.63. The van der Waals surface area contributed by atoms with E-state index < -0.39 is 0 Å². The summed E-state index contributed by atoms with van der Waals surface area (Å²) >= 11 is 0. The van der Waals surface area contributed by atoms with E-state index in [1.165, 1.54) is 38.9 Å². The second-order valence-electron chi connectivity index (χ2n) is 5.33. The molecule has 2 unspecified atom stereocenters. The van der Waals surface area contributed by atoms with Crippen molar-refractivity contribution in [2.75, 3.05) is 26.7 Å². The van der Waals surface area contributed by atoms with Crippen LogP contribution in [0.5, 0.6) is 0 Å². The van der Waals surface area contributed by atoms with Crippen LogP contribution >= 0.6 is 0 Å². The van der Waals surface area contributed by atoms with Gasteiger partial charge in [-0.15, -0.1) is 0 Å². The second-order valence-corrected chi connectivity index (χ2v) is 5.33. The lowest BCUT2D eigenvalue weighted by Gasteiger charge is -2.47. The zero-order chi connectivity index (χ0) is 10.1. The fourth-order valence-corrected chi connectivity index (χ4v) is 3.15. The number of fused-ring (bicyclic) bond motifs is 1. The van der Waals surface area contributed by atoms with Crippen LogP contribution in [0.15, 0.2) is 0 Å². The van der Waals surface area contributed by atoms with Gasteiger partial charge in [-0.05, 0) is 59.2 Å². The molecular formula is C12H24N2. The normalized spacial score (nSPS) is 36.0. The monoisotopic (exact) mass is 196 g/mol. The number of nitrogens with zero attached hydrogens (tertiary/aromatic N) is 2. The smallest absolute Gasteiger partial charge is 0.0145 e. The van der Waals surface area contributed by atoms with Gasteiger partial charge in [-0.25, -0.2) is 0 Å². The summed E-state index contributed by atoms with van der Waals surface area (Å²) in [4.78, 5) is 5.24. The van der Waals surface area contributed by atoms with Gasteiger partial charge in [0, 0.05) is 18.6 Å². The van der Waals surface area contributed by atoms with Gasteiger partial charge in [-0.3, -0.25) is 0 Å². The molecule has 2 saturated heterocycles. The molecule has 82 valence electrons. The van der Waals surface area contributed by atoms with E-state index in [4.69, 9.17) is 0 Å². The summed E-state index contributed by atoms with van der Waals surface area (Å²) in [5.41, 5.74) is 0. The minimum atomic E-state index is 0.739. The lowest BCUT2D eigenvalue weighted by molar-refractivity contribution is 0.0264. The van der Waals surface area contributed by atoms with E-state index in [1.54, 1.807) is 0 Å². The lowest BCUT2D eigenvalue weighted by Crippen LogP contribution is -2.53. The number of piperidine rings is 2. The van der Waals surface area contributed by atoms with Crippen LogP contribution < -0.4 is 0 Å². The Kier molecular flexibility index (Phi) is 3.13. The second kappa shape index (κ2) is 4.19. The highest BCUT2D eigenvalue weighted by Crippen LogP contribution is 2.30. The first-order valence-corrected chi connectivity index (χ1v) is 6.13. The van der Waals surface area contributed by atoms with E-state index in [2.05, 4.69) is 30.7 Å². The highest BCUT2D eigenvalue weighted by atomic mass is 15.2. The number of rotatable bonds is 1. The van der Waals surface area contributed by atoms with E-state index in [0.29, 0.717) is 0 Å². The molecule has 14 heavy (non-hydrogen) atoms. The summed E-state index contributed by atoms with van der Waals surface area (Å²) < 4.78 is 0. The van der Waals surface area contributed by atoms with Gasteiger partial charge in [0.25, 0.3) is 0 Å². The zero-order valence-corrected chi connectivity index (χ0v) is 9.87. The Hall–Kier alpha value is -0.0800. The van der Waals surface area contributed by atoms with Gasteiger partial charge in [0.15, 0.2) is 0 Å². The third-order valence-electron chi connectivity index (χ3n) is 4.11. The van der Waals surface area contributed by atoms with E-state index in [1.807, 2.05) is 0 Å². The van der Waals surface area contributed by atoms with Crippen LogP contribution in [0.25, 0.3) is 0 Å². The molecule has 2 atom stereocenters. The predicted octanol–water partition coefficient (Wildman–Crippen LogP) is 1.81. The Labute approximate surface area is 88.3 Å². The molecule has 2 heteroatoms. The van der Waals surface area contributed by atoms with Crippen LogP contribution in [0.3, 0.4) is 0 Å². The van der Waals surface area contributed by atoms with Gasteiger partial charge in [0.1, 0.15) is 0 Å². The largest absolute Gasteiger partial charge is 0.303 e. The fraction of sp³-hybridized carbons (Fsp3) is 1.00. The van der Waals surface area contributed by atoms with Crippen molar-refractivity contribution in [3.63, 3.8) is 0 Å². The summed E-state index contributed by atoms with van der Waals surface area (Å²) in [5.74, 6) is 0.949. The van der Waals surface area contributed by atoms with Gasteiger partial charge >= 0.3 is 0 Å². The minimum Gasteiger partial charge on any atom is -0.303 e. The first-order chi connectivity index (χ1) is 6.68. The molecule has 0 aromatic rings. The predicted molar refractivity (Wildman–Crippen MR) is 60.5 cm³/mol.